The molecule has 0 radical (unpaired) electrons. The Kier molecular flexibility index (Phi) is 4.29. The second-order valence-electron chi connectivity index (χ2n) is 4.32. The second-order valence-corrected chi connectivity index (χ2v) is 4.32. The maximum absolute atomic E-state index is 11.5. The van der Waals surface area contributed by atoms with Gasteiger partial charge < -0.3 is 14.6 Å². The van der Waals surface area contributed by atoms with Crippen molar-refractivity contribution in [1.29, 1.82) is 0 Å². The molecule has 0 aromatic rings. The van der Waals surface area contributed by atoms with E-state index >= 15 is 0 Å². The first kappa shape index (κ1) is 13.0. The van der Waals surface area contributed by atoms with Crippen LogP contribution in [-0.4, -0.2) is 36.9 Å². The summed E-state index contributed by atoms with van der Waals surface area (Å²) in [6.45, 7) is 3.55. The van der Waals surface area contributed by atoms with E-state index in [9.17, 15) is 9.59 Å². The van der Waals surface area contributed by atoms with Gasteiger partial charge in [0.2, 0.25) is 0 Å². The number of hydrogen-bond donors (Lipinski definition) is 1. The van der Waals surface area contributed by atoms with Gasteiger partial charge in [0.25, 0.3) is 0 Å². The maximum Gasteiger partial charge on any atom is 0.325 e. The minimum Gasteiger partial charge on any atom is -0.480 e. The van der Waals surface area contributed by atoms with Crippen LogP contribution in [0.3, 0.4) is 0 Å². The molecule has 0 heterocycles. The number of carbonyl (C=O) groups is 2. The van der Waals surface area contributed by atoms with E-state index in [-0.39, 0.29) is 13.2 Å². The first-order valence-corrected chi connectivity index (χ1v) is 5.49. The van der Waals surface area contributed by atoms with E-state index in [0.717, 1.165) is 12.8 Å². The smallest absolute Gasteiger partial charge is 0.325 e. The summed E-state index contributed by atoms with van der Waals surface area (Å²) in [6, 6.07) is 0. The summed E-state index contributed by atoms with van der Waals surface area (Å²) >= 11 is 0. The molecule has 0 amide bonds. The molecule has 0 saturated heterocycles. The topological polar surface area (TPSA) is 72.8 Å². The highest BCUT2D eigenvalue weighted by atomic mass is 16.5. The van der Waals surface area contributed by atoms with E-state index in [4.69, 9.17) is 14.6 Å². The van der Waals surface area contributed by atoms with Crippen molar-refractivity contribution < 1.29 is 24.2 Å². The fourth-order valence-electron chi connectivity index (χ4n) is 1.21. The Balaban J connectivity index is 2.48. The minimum atomic E-state index is -1.59. The van der Waals surface area contributed by atoms with Gasteiger partial charge in [-0.1, -0.05) is 0 Å². The summed E-state index contributed by atoms with van der Waals surface area (Å²) < 4.78 is 10.0. The third-order valence-corrected chi connectivity index (χ3v) is 2.64. The van der Waals surface area contributed by atoms with Crippen LogP contribution in [0.2, 0.25) is 0 Å². The molecule has 0 aromatic heterocycles. The van der Waals surface area contributed by atoms with Gasteiger partial charge in [0, 0.05) is 6.61 Å². The lowest BCUT2D eigenvalue weighted by atomic mass is 9.92. The second kappa shape index (κ2) is 5.30. The lowest BCUT2D eigenvalue weighted by Crippen LogP contribution is -2.42. The number of aliphatic carboxylic acids is 1. The van der Waals surface area contributed by atoms with Gasteiger partial charge in [0.05, 0.1) is 13.2 Å². The Morgan fingerprint density at radius 3 is 2.50 bits per heavy atom. The van der Waals surface area contributed by atoms with Gasteiger partial charge in [-0.3, -0.25) is 9.59 Å². The molecule has 1 atom stereocenters. The van der Waals surface area contributed by atoms with Crippen molar-refractivity contribution in [1.82, 2.24) is 0 Å². The molecule has 1 rings (SSSR count). The summed E-state index contributed by atoms with van der Waals surface area (Å²) in [5, 5.41) is 9.03. The van der Waals surface area contributed by atoms with Crippen LogP contribution < -0.4 is 0 Å². The third kappa shape index (κ3) is 3.20. The average molecular weight is 230 g/mol. The Bertz CT molecular complexity index is 272. The first-order chi connectivity index (χ1) is 7.50. The average Bonchev–Trinajstić information content (AvgIpc) is 3.01. The van der Waals surface area contributed by atoms with Crippen molar-refractivity contribution in [2.75, 3.05) is 19.8 Å². The van der Waals surface area contributed by atoms with Crippen molar-refractivity contribution in [3.8, 4) is 0 Å². The normalized spacial score (nSPS) is 18.9. The van der Waals surface area contributed by atoms with Crippen molar-refractivity contribution >= 4 is 11.9 Å². The largest absolute Gasteiger partial charge is 0.480 e. The molecule has 0 spiro atoms. The highest BCUT2D eigenvalue weighted by molar-refractivity contribution is 5.98. The van der Waals surface area contributed by atoms with Crippen molar-refractivity contribution in [3.05, 3.63) is 0 Å². The van der Waals surface area contributed by atoms with Gasteiger partial charge in [-0.15, -0.1) is 0 Å². The zero-order chi connectivity index (χ0) is 12.2. The van der Waals surface area contributed by atoms with E-state index in [2.05, 4.69) is 0 Å². The molecule has 5 heteroatoms. The van der Waals surface area contributed by atoms with Crippen LogP contribution in [0, 0.1) is 11.3 Å². The molecule has 1 unspecified atom stereocenters. The quantitative estimate of drug-likeness (QED) is 0.523. The molecule has 0 bridgehead atoms. The lowest BCUT2D eigenvalue weighted by Gasteiger charge is -2.22. The molecule has 5 nitrogen and oxygen atoms in total. The number of esters is 1. The molecule has 1 aliphatic rings. The zero-order valence-electron chi connectivity index (χ0n) is 9.69. The van der Waals surface area contributed by atoms with Gasteiger partial charge in [-0.2, -0.15) is 0 Å². The van der Waals surface area contributed by atoms with Gasteiger partial charge in [0.15, 0.2) is 5.41 Å². The molecule has 0 aromatic carbocycles. The van der Waals surface area contributed by atoms with Gasteiger partial charge in [-0.05, 0) is 32.6 Å². The van der Waals surface area contributed by atoms with Gasteiger partial charge >= 0.3 is 11.9 Å². The molecular formula is C11H18O5. The summed E-state index contributed by atoms with van der Waals surface area (Å²) in [4.78, 5) is 22.6. The first-order valence-electron chi connectivity index (χ1n) is 5.49. The van der Waals surface area contributed by atoms with E-state index in [1.165, 1.54) is 6.92 Å². The fraction of sp³-hybridized carbons (Fsp3) is 0.818. The van der Waals surface area contributed by atoms with Gasteiger partial charge in [0.1, 0.15) is 0 Å². The van der Waals surface area contributed by atoms with Crippen LogP contribution >= 0.6 is 0 Å². The third-order valence-electron chi connectivity index (χ3n) is 2.64. The monoisotopic (exact) mass is 230 g/mol. The van der Waals surface area contributed by atoms with Crippen molar-refractivity contribution in [2.45, 2.75) is 26.7 Å². The van der Waals surface area contributed by atoms with E-state index in [1.807, 2.05) is 0 Å². The van der Waals surface area contributed by atoms with E-state index in [0.29, 0.717) is 12.5 Å². The SMILES string of the molecule is CCOC(=O)C(C)(COCC1CC1)C(=O)O. The number of carbonyl (C=O) groups excluding carboxylic acids is 1. The van der Waals surface area contributed by atoms with Crippen LogP contribution in [-0.2, 0) is 19.1 Å². The predicted octanol–water partition coefficient (Wildman–Crippen LogP) is 1.07. The molecule has 1 saturated carbocycles. The molecule has 16 heavy (non-hydrogen) atoms. The fourth-order valence-corrected chi connectivity index (χ4v) is 1.21. The van der Waals surface area contributed by atoms with Crippen molar-refractivity contribution in [3.63, 3.8) is 0 Å². The van der Waals surface area contributed by atoms with Gasteiger partial charge in [-0.25, -0.2) is 0 Å². The van der Waals surface area contributed by atoms with Crippen LogP contribution in [0.25, 0.3) is 0 Å². The predicted molar refractivity (Wildman–Crippen MR) is 55.9 cm³/mol. The standard InChI is InChI=1S/C11H18O5/c1-3-16-10(14)11(2,9(12)13)7-15-6-8-4-5-8/h8H,3-7H2,1-2H3,(H,12,13). The summed E-state index contributed by atoms with van der Waals surface area (Å²) in [5.74, 6) is -1.40. The highest BCUT2D eigenvalue weighted by Gasteiger charge is 2.43. The Hall–Kier alpha value is -1.10. The molecule has 1 N–H and O–H groups in total. The number of ether oxygens (including phenoxy) is 2. The molecule has 92 valence electrons. The Labute approximate surface area is 94.7 Å². The minimum absolute atomic E-state index is 0.127. The van der Waals surface area contributed by atoms with Crippen LogP contribution in [0.4, 0.5) is 0 Å². The molecule has 1 aliphatic carbocycles. The highest BCUT2D eigenvalue weighted by Crippen LogP contribution is 2.30. The van der Waals surface area contributed by atoms with Crippen LogP contribution in [0.1, 0.15) is 26.7 Å². The van der Waals surface area contributed by atoms with E-state index in [1.54, 1.807) is 6.92 Å². The molecule has 0 aliphatic heterocycles. The van der Waals surface area contributed by atoms with Crippen molar-refractivity contribution in [2.24, 2.45) is 11.3 Å². The molecule has 1 fully saturated rings. The number of carboxylic acids is 1. The van der Waals surface area contributed by atoms with Crippen LogP contribution in [0.5, 0.6) is 0 Å². The summed E-state index contributed by atoms with van der Waals surface area (Å²) in [5.41, 5.74) is -1.59. The maximum atomic E-state index is 11.5. The number of carboxylic acid groups (broad SMARTS) is 1. The zero-order valence-corrected chi connectivity index (χ0v) is 9.69. The Morgan fingerprint density at radius 2 is 2.06 bits per heavy atom. The van der Waals surface area contributed by atoms with Crippen LogP contribution in [0.15, 0.2) is 0 Å². The summed E-state index contributed by atoms with van der Waals surface area (Å²) in [6.07, 6.45) is 2.26. The lowest BCUT2D eigenvalue weighted by molar-refractivity contribution is -0.171. The Morgan fingerprint density at radius 1 is 1.44 bits per heavy atom. The summed E-state index contributed by atoms with van der Waals surface area (Å²) in [7, 11) is 0. The number of rotatable bonds is 7. The number of hydrogen-bond acceptors (Lipinski definition) is 4. The van der Waals surface area contributed by atoms with E-state index < -0.39 is 17.4 Å². The molecular weight excluding hydrogens is 212 g/mol.